The zero-order valence-electron chi connectivity index (χ0n) is 12.0. The van der Waals surface area contributed by atoms with Gasteiger partial charge in [0.05, 0.1) is 6.54 Å². The summed E-state index contributed by atoms with van der Waals surface area (Å²) in [6.07, 6.45) is 4.16. The van der Waals surface area contributed by atoms with Crippen LogP contribution in [0.2, 0.25) is 0 Å². The third kappa shape index (κ3) is 3.95. The van der Waals surface area contributed by atoms with E-state index in [4.69, 9.17) is 0 Å². The number of rotatable bonds is 3. The highest BCUT2D eigenvalue weighted by molar-refractivity contribution is 5.78. The molecule has 1 saturated carbocycles. The van der Waals surface area contributed by atoms with Crippen LogP contribution < -0.4 is 5.32 Å². The largest absolute Gasteiger partial charge is 0.350 e. The smallest absolute Gasteiger partial charge is 0.234 e. The van der Waals surface area contributed by atoms with Crippen LogP contribution in [0.5, 0.6) is 0 Å². The van der Waals surface area contributed by atoms with E-state index in [1.54, 1.807) is 0 Å². The van der Waals surface area contributed by atoms with Crippen LogP contribution in [0.25, 0.3) is 0 Å². The summed E-state index contributed by atoms with van der Waals surface area (Å²) in [6.45, 7) is 11.0. The molecule has 2 aliphatic rings. The van der Waals surface area contributed by atoms with Crippen LogP contribution in [0.4, 0.5) is 0 Å². The van der Waals surface area contributed by atoms with Crippen molar-refractivity contribution in [3.63, 3.8) is 0 Å². The fourth-order valence-electron chi connectivity index (χ4n) is 2.70. The lowest BCUT2D eigenvalue weighted by Gasteiger charge is -2.42. The lowest BCUT2D eigenvalue weighted by atomic mass is 9.91. The second-order valence-corrected chi connectivity index (χ2v) is 6.70. The molecule has 0 aromatic carbocycles. The van der Waals surface area contributed by atoms with Crippen LogP contribution in [0.3, 0.4) is 0 Å². The molecule has 2 fully saturated rings. The van der Waals surface area contributed by atoms with E-state index in [0.29, 0.717) is 6.54 Å². The number of hydrogen-bond acceptors (Lipinski definition) is 3. The molecule has 0 bridgehead atoms. The summed E-state index contributed by atoms with van der Waals surface area (Å²) >= 11 is 0. The molecule has 104 valence electrons. The van der Waals surface area contributed by atoms with Gasteiger partial charge in [-0.2, -0.15) is 0 Å². The minimum atomic E-state index is -0.120. The molecule has 0 atom stereocenters. The second kappa shape index (κ2) is 5.57. The third-order valence-corrected chi connectivity index (χ3v) is 3.88. The van der Waals surface area contributed by atoms with E-state index in [1.165, 1.54) is 19.3 Å². The van der Waals surface area contributed by atoms with Gasteiger partial charge >= 0.3 is 0 Å². The molecule has 0 spiro atoms. The fourth-order valence-corrected chi connectivity index (χ4v) is 2.70. The standard InChI is InChI=1S/C14H27N3O/c1-14(2,3)15-13(18)11-16-7-9-17(10-8-16)12-5-4-6-12/h12H,4-11H2,1-3H3,(H,15,18). The zero-order valence-corrected chi connectivity index (χ0v) is 12.0. The normalized spacial score (nSPS) is 23.7. The van der Waals surface area contributed by atoms with Gasteiger partial charge in [0.2, 0.25) is 5.91 Å². The lowest BCUT2D eigenvalue weighted by Crippen LogP contribution is -2.54. The quantitative estimate of drug-likeness (QED) is 0.817. The van der Waals surface area contributed by atoms with Crippen LogP contribution in [-0.2, 0) is 4.79 Å². The molecule has 2 rings (SSSR count). The highest BCUT2D eigenvalue weighted by atomic mass is 16.2. The number of hydrogen-bond donors (Lipinski definition) is 1. The maximum Gasteiger partial charge on any atom is 0.234 e. The maximum absolute atomic E-state index is 11.8. The van der Waals surface area contributed by atoms with E-state index in [9.17, 15) is 4.79 Å². The van der Waals surface area contributed by atoms with Crippen molar-refractivity contribution in [3.8, 4) is 0 Å². The van der Waals surface area contributed by atoms with Gasteiger partial charge in [0.25, 0.3) is 0 Å². The Bertz CT molecular complexity index is 286. The average Bonchev–Trinajstić information content (AvgIpc) is 2.15. The second-order valence-electron chi connectivity index (χ2n) is 6.70. The van der Waals surface area contributed by atoms with Crippen molar-refractivity contribution in [2.24, 2.45) is 0 Å². The predicted octanol–water partition coefficient (Wildman–Crippen LogP) is 1.07. The van der Waals surface area contributed by atoms with Crippen molar-refractivity contribution in [2.75, 3.05) is 32.7 Å². The van der Waals surface area contributed by atoms with Gasteiger partial charge in [-0.05, 0) is 33.6 Å². The molecule has 0 aromatic rings. The van der Waals surface area contributed by atoms with Gasteiger partial charge in [0.15, 0.2) is 0 Å². The Balaban J connectivity index is 1.68. The van der Waals surface area contributed by atoms with Crippen molar-refractivity contribution >= 4 is 5.91 Å². The first-order chi connectivity index (χ1) is 8.44. The fraction of sp³-hybridized carbons (Fsp3) is 0.929. The van der Waals surface area contributed by atoms with E-state index < -0.39 is 0 Å². The Hall–Kier alpha value is -0.610. The first-order valence-electron chi connectivity index (χ1n) is 7.21. The molecule has 0 radical (unpaired) electrons. The molecule has 1 aliphatic carbocycles. The summed E-state index contributed by atoms with van der Waals surface area (Å²) < 4.78 is 0. The number of nitrogens with zero attached hydrogens (tertiary/aromatic N) is 2. The molecule has 1 aliphatic heterocycles. The van der Waals surface area contributed by atoms with Gasteiger partial charge in [-0.3, -0.25) is 14.6 Å². The SMILES string of the molecule is CC(C)(C)NC(=O)CN1CCN(C2CCC2)CC1. The number of carbonyl (C=O) groups is 1. The van der Waals surface area contributed by atoms with Crippen LogP contribution in [0.1, 0.15) is 40.0 Å². The summed E-state index contributed by atoms with van der Waals surface area (Å²) in [5, 5.41) is 3.03. The van der Waals surface area contributed by atoms with Crippen molar-refractivity contribution < 1.29 is 4.79 Å². The average molecular weight is 253 g/mol. The van der Waals surface area contributed by atoms with Gasteiger partial charge in [0.1, 0.15) is 0 Å². The van der Waals surface area contributed by atoms with Gasteiger partial charge < -0.3 is 5.32 Å². The van der Waals surface area contributed by atoms with E-state index in [0.717, 1.165) is 32.2 Å². The highest BCUT2D eigenvalue weighted by Gasteiger charge is 2.28. The van der Waals surface area contributed by atoms with E-state index in [1.807, 2.05) is 20.8 Å². The number of piperazine rings is 1. The molecule has 0 aromatic heterocycles. The zero-order chi connectivity index (χ0) is 13.2. The number of amides is 1. The van der Waals surface area contributed by atoms with Crippen molar-refractivity contribution in [1.29, 1.82) is 0 Å². The van der Waals surface area contributed by atoms with Gasteiger partial charge in [-0.25, -0.2) is 0 Å². The molecule has 0 unspecified atom stereocenters. The molecule has 1 heterocycles. The van der Waals surface area contributed by atoms with Crippen molar-refractivity contribution in [2.45, 2.75) is 51.6 Å². The molecule has 1 N–H and O–H groups in total. The summed E-state index contributed by atoms with van der Waals surface area (Å²) in [7, 11) is 0. The van der Waals surface area contributed by atoms with Crippen LogP contribution in [0.15, 0.2) is 0 Å². The summed E-state index contributed by atoms with van der Waals surface area (Å²) in [5.41, 5.74) is -0.120. The van der Waals surface area contributed by atoms with Crippen LogP contribution in [0, 0.1) is 0 Å². The summed E-state index contributed by atoms with van der Waals surface area (Å²) in [4.78, 5) is 16.7. The Morgan fingerprint density at radius 2 is 1.78 bits per heavy atom. The Morgan fingerprint density at radius 1 is 1.17 bits per heavy atom. The Labute approximate surface area is 111 Å². The minimum absolute atomic E-state index is 0.120. The predicted molar refractivity (Wildman–Crippen MR) is 73.5 cm³/mol. The Morgan fingerprint density at radius 3 is 2.22 bits per heavy atom. The van der Waals surface area contributed by atoms with E-state index in [-0.39, 0.29) is 11.4 Å². The monoisotopic (exact) mass is 253 g/mol. The number of nitrogens with one attached hydrogen (secondary N) is 1. The van der Waals surface area contributed by atoms with Crippen LogP contribution >= 0.6 is 0 Å². The highest BCUT2D eigenvalue weighted by Crippen LogP contribution is 2.25. The topological polar surface area (TPSA) is 35.6 Å². The Kier molecular flexibility index (Phi) is 4.28. The first-order valence-corrected chi connectivity index (χ1v) is 7.21. The molecule has 18 heavy (non-hydrogen) atoms. The summed E-state index contributed by atoms with van der Waals surface area (Å²) in [6, 6.07) is 0.843. The molecule has 4 heteroatoms. The van der Waals surface area contributed by atoms with Gasteiger partial charge in [0, 0.05) is 37.8 Å². The maximum atomic E-state index is 11.8. The van der Waals surface area contributed by atoms with Crippen molar-refractivity contribution in [3.05, 3.63) is 0 Å². The van der Waals surface area contributed by atoms with Gasteiger partial charge in [-0.15, -0.1) is 0 Å². The van der Waals surface area contributed by atoms with Gasteiger partial charge in [-0.1, -0.05) is 6.42 Å². The molecule has 4 nitrogen and oxygen atoms in total. The molecular formula is C14H27N3O. The molecule has 1 saturated heterocycles. The first kappa shape index (κ1) is 13.8. The third-order valence-electron chi connectivity index (χ3n) is 3.88. The minimum Gasteiger partial charge on any atom is -0.350 e. The van der Waals surface area contributed by atoms with E-state index in [2.05, 4.69) is 15.1 Å². The summed E-state index contributed by atoms with van der Waals surface area (Å²) in [5.74, 6) is 0.152. The molecule has 1 amide bonds. The lowest BCUT2D eigenvalue weighted by molar-refractivity contribution is -0.124. The van der Waals surface area contributed by atoms with Crippen molar-refractivity contribution in [1.82, 2.24) is 15.1 Å². The van der Waals surface area contributed by atoms with E-state index >= 15 is 0 Å². The number of carbonyl (C=O) groups excluding carboxylic acids is 1. The molecular weight excluding hydrogens is 226 g/mol. The van der Waals surface area contributed by atoms with Crippen LogP contribution in [-0.4, -0.2) is 60.0 Å².